The van der Waals surface area contributed by atoms with Gasteiger partial charge in [-0.1, -0.05) is 19.3 Å². The highest BCUT2D eigenvalue weighted by Gasteiger charge is 2.30. The number of hydrogen-bond acceptors (Lipinski definition) is 7. The van der Waals surface area contributed by atoms with E-state index in [4.69, 9.17) is 9.15 Å². The third-order valence-electron chi connectivity index (χ3n) is 5.81. The highest BCUT2D eigenvalue weighted by Crippen LogP contribution is 2.40. The molecule has 1 saturated carbocycles. The van der Waals surface area contributed by atoms with E-state index >= 15 is 0 Å². The van der Waals surface area contributed by atoms with Crippen molar-refractivity contribution in [3.05, 3.63) is 39.7 Å². The molecular weight excluding hydrogens is 406 g/mol. The van der Waals surface area contributed by atoms with Crippen LogP contribution in [0.1, 0.15) is 75.4 Å². The van der Waals surface area contributed by atoms with Crippen molar-refractivity contribution in [1.29, 1.82) is 0 Å². The van der Waals surface area contributed by atoms with E-state index in [1.54, 1.807) is 6.07 Å². The Bertz CT molecular complexity index is 953. The van der Waals surface area contributed by atoms with E-state index < -0.39 is 11.9 Å². The molecule has 8 heteroatoms. The monoisotopic (exact) mass is 431 g/mol. The number of thiophene rings is 1. The lowest BCUT2D eigenvalue weighted by Crippen LogP contribution is -2.25. The first-order chi connectivity index (χ1) is 14.6. The molecular formula is C22H25NO6S. The molecule has 2 heterocycles. The Morgan fingerprint density at radius 3 is 2.70 bits per heavy atom. The van der Waals surface area contributed by atoms with E-state index in [2.05, 4.69) is 10.1 Å². The summed E-state index contributed by atoms with van der Waals surface area (Å²) in [5.41, 5.74) is 1.87. The zero-order chi connectivity index (χ0) is 21.1. The maximum absolute atomic E-state index is 13.0. The van der Waals surface area contributed by atoms with Crippen LogP contribution in [0.5, 0.6) is 0 Å². The lowest BCUT2D eigenvalue weighted by Gasteiger charge is -2.20. The van der Waals surface area contributed by atoms with Gasteiger partial charge in [0.05, 0.1) is 18.9 Å². The van der Waals surface area contributed by atoms with Crippen molar-refractivity contribution in [2.75, 3.05) is 12.4 Å². The molecule has 2 aromatic rings. The minimum Gasteiger partial charge on any atom is -0.463 e. The van der Waals surface area contributed by atoms with Crippen molar-refractivity contribution in [2.45, 2.75) is 58.0 Å². The van der Waals surface area contributed by atoms with Crippen LogP contribution in [0.3, 0.4) is 0 Å². The van der Waals surface area contributed by atoms with Gasteiger partial charge in [-0.2, -0.15) is 0 Å². The van der Waals surface area contributed by atoms with E-state index in [1.165, 1.54) is 31.1 Å². The molecule has 1 N–H and O–H groups in total. The van der Waals surface area contributed by atoms with Crippen LogP contribution in [0.25, 0.3) is 0 Å². The summed E-state index contributed by atoms with van der Waals surface area (Å²) in [4.78, 5) is 38.6. The van der Waals surface area contributed by atoms with E-state index in [0.29, 0.717) is 16.1 Å². The minimum absolute atomic E-state index is 0.00751. The fraction of sp³-hybridized carbons (Fsp3) is 0.500. The number of esters is 2. The highest BCUT2D eigenvalue weighted by molar-refractivity contribution is 7.17. The highest BCUT2D eigenvalue weighted by atomic mass is 32.1. The topological polar surface area (TPSA) is 94.8 Å². The zero-order valence-electron chi connectivity index (χ0n) is 17.0. The molecule has 0 aliphatic heterocycles. The molecule has 0 unspecified atom stereocenters. The quantitative estimate of drug-likeness (QED) is 0.677. The number of amides is 1. The Labute approximate surface area is 178 Å². The SMILES string of the molecule is COC(=O)c1occc1COC(=O)c1c(NC(=O)C2CCCCC2)sc2c1CCC2. The van der Waals surface area contributed by atoms with E-state index in [0.717, 1.165) is 55.4 Å². The summed E-state index contributed by atoms with van der Waals surface area (Å²) < 4.78 is 15.3. The summed E-state index contributed by atoms with van der Waals surface area (Å²) in [5, 5.41) is 3.59. The maximum Gasteiger partial charge on any atom is 0.374 e. The Hall–Kier alpha value is -2.61. The van der Waals surface area contributed by atoms with Crippen LogP contribution < -0.4 is 5.32 Å². The number of ether oxygens (including phenoxy) is 2. The molecule has 4 rings (SSSR count). The molecule has 160 valence electrons. The van der Waals surface area contributed by atoms with Crippen molar-refractivity contribution < 1.29 is 28.3 Å². The first-order valence-corrected chi connectivity index (χ1v) is 11.2. The molecule has 0 bridgehead atoms. The number of rotatable bonds is 6. The van der Waals surface area contributed by atoms with Crippen LogP contribution in [0.15, 0.2) is 16.7 Å². The number of furan rings is 1. The summed E-state index contributed by atoms with van der Waals surface area (Å²) >= 11 is 1.48. The first-order valence-electron chi connectivity index (χ1n) is 10.4. The molecule has 0 aromatic carbocycles. The molecule has 7 nitrogen and oxygen atoms in total. The Kier molecular flexibility index (Phi) is 6.22. The number of fused-ring (bicyclic) bond motifs is 1. The van der Waals surface area contributed by atoms with Crippen molar-refractivity contribution in [1.82, 2.24) is 0 Å². The third kappa shape index (κ3) is 4.14. The molecule has 0 saturated heterocycles. The van der Waals surface area contributed by atoms with Gasteiger partial charge in [0, 0.05) is 16.4 Å². The number of anilines is 1. The van der Waals surface area contributed by atoms with Crippen molar-refractivity contribution in [3.8, 4) is 0 Å². The van der Waals surface area contributed by atoms with Crippen LogP contribution >= 0.6 is 11.3 Å². The average molecular weight is 432 g/mol. The standard InChI is InChI=1S/C22H25NO6S/c1-27-22(26)18-14(10-11-28-18)12-29-21(25)17-15-8-5-9-16(15)30-20(17)23-19(24)13-6-3-2-4-7-13/h10-11,13H,2-9,12H2,1H3,(H,23,24). The maximum atomic E-state index is 13.0. The number of nitrogens with one attached hydrogen (secondary N) is 1. The van der Waals surface area contributed by atoms with Crippen LogP contribution in [0.4, 0.5) is 5.00 Å². The summed E-state index contributed by atoms with van der Waals surface area (Å²) in [6, 6.07) is 1.57. The number of carbonyl (C=O) groups is 3. The van der Waals surface area contributed by atoms with Gasteiger partial charge in [0.1, 0.15) is 11.6 Å². The largest absolute Gasteiger partial charge is 0.463 e. The van der Waals surface area contributed by atoms with Crippen molar-refractivity contribution >= 4 is 34.2 Å². The number of aryl methyl sites for hydroxylation is 1. The van der Waals surface area contributed by atoms with Crippen molar-refractivity contribution in [3.63, 3.8) is 0 Å². The lowest BCUT2D eigenvalue weighted by molar-refractivity contribution is -0.120. The van der Waals surface area contributed by atoms with Crippen LogP contribution in [0, 0.1) is 5.92 Å². The van der Waals surface area contributed by atoms with Crippen LogP contribution in [-0.2, 0) is 33.7 Å². The number of methoxy groups -OCH3 is 1. The fourth-order valence-electron chi connectivity index (χ4n) is 4.22. The molecule has 2 aliphatic carbocycles. The zero-order valence-corrected chi connectivity index (χ0v) is 17.8. The van der Waals surface area contributed by atoms with Gasteiger partial charge in [-0.3, -0.25) is 4.79 Å². The molecule has 1 fully saturated rings. The van der Waals surface area contributed by atoms with E-state index in [-0.39, 0.29) is 24.2 Å². The van der Waals surface area contributed by atoms with Gasteiger partial charge < -0.3 is 19.2 Å². The molecule has 0 spiro atoms. The van der Waals surface area contributed by atoms with Gasteiger partial charge >= 0.3 is 11.9 Å². The number of hydrogen-bond donors (Lipinski definition) is 1. The number of carbonyl (C=O) groups excluding carboxylic acids is 3. The van der Waals surface area contributed by atoms with Gasteiger partial charge in [-0.15, -0.1) is 11.3 Å². The predicted molar refractivity (Wildman–Crippen MR) is 111 cm³/mol. The lowest BCUT2D eigenvalue weighted by atomic mass is 9.89. The summed E-state index contributed by atoms with van der Waals surface area (Å²) in [6.07, 6.45) is 9.17. The van der Waals surface area contributed by atoms with Crippen LogP contribution in [0.2, 0.25) is 0 Å². The molecule has 30 heavy (non-hydrogen) atoms. The fourth-order valence-corrected chi connectivity index (χ4v) is 5.50. The summed E-state index contributed by atoms with van der Waals surface area (Å²) in [7, 11) is 1.26. The van der Waals surface area contributed by atoms with Gasteiger partial charge in [0.15, 0.2) is 0 Å². The van der Waals surface area contributed by atoms with Gasteiger partial charge in [0.2, 0.25) is 11.7 Å². The smallest absolute Gasteiger partial charge is 0.374 e. The van der Waals surface area contributed by atoms with Gasteiger partial charge in [-0.05, 0) is 43.7 Å². The Morgan fingerprint density at radius 1 is 1.13 bits per heavy atom. The Balaban J connectivity index is 1.50. The summed E-state index contributed by atoms with van der Waals surface area (Å²) in [5.74, 6) is -1.10. The molecule has 1 amide bonds. The van der Waals surface area contributed by atoms with Crippen LogP contribution in [-0.4, -0.2) is 25.0 Å². The second kappa shape index (κ2) is 9.04. The first kappa shape index (κ1) is 20.7. The van der Waals surface area contributed by atoms with Crippen molar-refractivity contribution in [2.24, 2.45) is 5.92 Å². The molecule has 0 atom stereocenters. The second-order valence-corrected chi connectivity index (χ2v) is 8.83. The second-order valence-electron chi connectivity index (χ2n) is 7.73. The molecule has 2 aromatic heterocycles. The summed E-state index contributed by atoms with van der Waals surface area (Å²) in [6.45, 7) is -0.111. The average Bonchev–Trinajstić information content (AvgIpc) is 3.48. The van der Waals surface area contributed by atoms with E-state index in [9.17, 15) is 14.4 Å². The van der Waals surface area contributed by atoms with Gasteiger partial charge in [-0.25, -0.2) is 9.59 Å². The van der Waals surface area contributed by atoms with Gasteiger partial charge in [0.25, 0.3) is 0 Å². The Morgan fingerprint density at radius 2 is 1.93 bits per heavy atom. The third-order valence-corrected chi connectivity index (χ3v) is 7.02. The molecule has 2 aliphatic rings. The molecule has 0 radical (unpaired) electrons. The normalized spacial score (nSPS) is 16.2. The van der Waals surface area contributed by atoms with E-state index in [1.807, 2.05) is 0 Å². The predicted octanol–water partition coefficient (Wildman–Crippen LogP) is 4.49. The minimum atomic E-state index is -0.622.